The van der Waals surface area contributed by atoms with E-state index in [1.54, 1.807) is 11.3 Å². The summed E-state index contributed by atoms with van der Waals surface area (Å²) in [6.07, 6.45) is 1.68. The Kier molecular flexibility index (Phi) is 5.25. The molecule has 0 amide bonds. The van der Waals surface area contributed by atoms with Crippen molar-refractivity contribution in [3.8, 4) is 5.75 Å². The third-order valence-electron chi connectivity index (χ3n) is 2.77. The van der Waals surface area contributed by atoms with Crippen molar-refractivity contribution >= 4 is 22.9 Å². The molecule has 0 fully saturated rings. The second-order valence-electron chi connectivity index (χ2n) is 4.59. The summed E-state index contributed by atoms with van der Waals surface area (Å²) in [5.74, 6) is 0.776. The number of rotatable bonds is 6. The maximum atomic E-state index is 6.21. The van der Waals surface area contributed by atoms with E-state index in [-0.39, 0.29) is 6.04 Å². The molecule has 0 aliphatic rings. The molecular weight excluding hydrogens is 278 g/mol. The minimum Gasteiger partial charge on any atom is -0.491 e. The summed E-state index contributed by atoms with van der Waals surface area (Å²) < 4.78 is 5.86. The van der Waals surface area contributed by atoms with Gasteiger partial charge in [-0.15, -0.1) is 11.3 Å². The Bertz CT molecular complexity index is 511. The van der Waals surface area contributed by atoms with E-state index in [4.69, 9.17) is 22.1 Å². The first-order valence-corrected chi connectivity index (χ1v) is 7.60. The molecule has 0 spiro atoms. The SMILES string of the molecule is CC(N)Cc1cccc(Cl)c1OCCc1cccs1. The number of nitrogens with two attached hydrogens (primary N) is 1. The van der Waals surface area contributed by atoms with Gasteiger partial charge in [0.25, 0.3) is 0 Å². The van der Waals surface area contributed by atoms with Crippen molar-refractivity contribution in [1.82, 2.24) is 0 Å². The summed E-state index contributed by atoms with van der Waals surface area (Å²) >= 11 is 7.95. The van der Waals surface area contributed by atoms with Gasteiger partial charge in [-0.25, -0.2) is 0 Å². The molecule has 1 atom stereocenters. The van der Waals surface area contributed by atoms with E-state index in [1.807, 2.05) is 25.1 Å². The smallest absolute Gasteiger partial charge is 0.141 e. The average molecular weight is 296 g/mol. The number of para-hydroxylation sites is 1. The Morgan fingerprint density at radius 3 is 2.84 bits per heavy atom. The predicted molar refractivity (Wildman–Crippen MR) is 82.3 cm³/mol. The van der Waals surface area contributed by atoms with Gasteiger partial charge in [0.05, 0.1) is 11.6 Å². The van der Waals surface area contributed by atoms with Crippen LogP contribution < -0.4 is 10.5 Å². The van der Waals surface area contributed by atoms with E-state index in [1.165, 1.54) is 4.88 Å². The predicted octanol–water partition coefficient (Wildman–Crippen LogP) is 3.91. The molecule has 2 nitrogen and oxygen atoms in total. The van der Waals surface area contributed by atoms with Crippen molar-refractivity contribution in [2.24, 2.45) is 5.73 Å². The number of thiophene rings is 1. The van der Waals surface area contributed by atoms with Crippen molar-refractivity contribution in [3.63, 3.8) is 0 Å². The van der Waals surface area contributed by atoms with Gasteiger partial charge in [0.15, 0.2) is 0 Å². The zero-order chi connectivity index (χ0) is 13.7. The van der Waals surface area contributed by atoms with E-state index in [9.17, 15) is 0 Å². The summed E-state index contributed by atoms with van der Waals surface area (Å²) in [5, 5.41) is 2.73. The molecule has 0 radical (unpaired) electrons. The van der Waals surface area contributed by atoms with Gasteiger partial charge < -0.3 is 10.5 Å². The second kappa shape index (κ2) is 6.94. The third-order valence-corrected chi connectivity index (χ3v) is 4.00. The molecule has 1 unspecified atom stereocenters. The van der Waals surface area contributed by atoms with Crippen LogP contribution in [0.5, 0.6) is 5.75 Å². The number of benzene rings is 1. The fourth-order valence-electron chi connectivity index (χ4n) is 1.93. The van der Waals surface area contributed by atoms with Gasteiger partial charge in [0.2, 0.25) is 0 Å². The summed E-state index contributed by atoms with van der Waals surface area (Å²) in [4.78, 5) is 1.32. The Balaban J connectivity index is 2.01. The molecule has 4 heteroatoms. The minimum absolute atomic E-state index is 0.0955. The largest absolute Gasteiger partial charge is 0.491 e. The first-order chi connectivity index (χ1) is 9.16. The molecular formula is C15H18ClNOS. The molecule has 19 heavy (non-hydrogen) atoms. The van der Waals surface area contributed by atoms with Gasteiger partial charge in [0, 0.05) is 17.3 Å². The molecule has 102 valence electrons. The fraction of sp³-hybridized carbons (Fsp3) is 0.333. The summed E-state index contributed by atoms with van der Waals surface area (Å²) in [5.41, 5.74) is 6.93. The topological polar surface area (TPSA) is 35.2 Å². The average Bonchev–Trinajstić information content (AvgIpc) is 2.85. The number of halogens is 1. The molecule has 0 aliphatic carbocycles. The molecule has 0 bridgehead atoms. The molecule has 2 aromatic rings. The van der Waals surface area contributed by atoms with Crippen molar-refractivity contribution in [2.75, 3.05) is 6.61 Å². The molecule has 1 aromatic heterocycles. The van der Waals surface area contributed by atoms with Crippen molar-refractivity contribution < 1.29 is 4.74 Å². The van der Waals surface area contributed by atoms with Crippen molar-refractivity contribution in [3.05, 3.63) is 51.2 Å². The van der Waals surface area contributed by atoms with E-state index < -0.39 is 0 Å². The summed E-state index contributed by atoms with van der Waals surface area (Å²) in [6.45, 7) is 2.62. The van der Waals surface area contributed by atoms with Gasteiger partial charge >= 0.3 is 0 Å². The second-order valence-corrected chi connectivity index (χ2v) is 6.03. The first kappa shape index (κ1) is 14.4. The lowest BCUT2D eigenvalue weighted by Gasteiger charge is -2.14. The lowest BCUT2D eigenvalue weighted by molar-refractivity contribution is 0.319. The highest BCUT2D eigenvalue weighted by Crippen LogP contribution is 2.29. The van der Waals surface area contributed by atoms with Gasteiger partial charge in [-0.3, -0.25) is 0 Å². The fourth-order valence-corrected chi connectivity index (χ4v) is 2.87. The van der Waals surface area contributed by atoms with Crippen LogP contribution in [0.15, 0.2) is 35.7 Å². The minimum atomic E-state index is 0.0955. The van der Waals surface area contributed by atoms with E-state index in [0.29, 0.717) is 11.6 Å². The Labute approximate surface area is 123 Å². The first-order valence-electron chi connectivity index (χ1n) is 6.35. The highest BCUT2D eigenvalue weighted by atomic mass is 35.5. The molecule has 1 heterocycles. The monoisotopic (exact) mass is 295 g/mol. The van der Waals surface area contributed by atoms with Crippen LogP contribution in [0.3, 0.4) is 0 Å². The van der Waals surface area contributed by atoms with Crippen LogP contribution in [0.1, 0.15) is 17.4 Å². The lowest BCUT2D eigenvalue weighted by atomic mass is 10.1. The van der Waals surface area contributed by atoms with Crippen LogP contribution in [-0.4, -0.2) is 12.6 Å². The Morgan fingerprint density at radius 1 is 1.32 bits per heavy atom. The maximum absolute atomic E-state index is 6.21. The van der Waals surface area contributed by atoms with E-state index >= 15 is 0 Å². The van der Waals surface area contributed by atoms with Crippen LogP contribution in [0, 0.1) is 0 Å². The highest BCUT2D eigenvalue weighted by molar-refractivity contribution is 7.09. The molecule has 0 saturated heterocycles. The van der Waals surface area contributed by atoms with Crippen molar-refractivity contribution in [1.29, 1.82) is 0 Å². The number of ether oxygens (including phenoxy) is 1. The number of hydrogen-bond donors (Lipinski definition) is 1. The van der Waals surface area contributed by atoms with Crippen LogP contribution in [0.4, 0.5) is 0 Å². The maximum Gasteiger partial charge on any atom is 0.141 e. The zero-order valence-electron chi connectivity index (χ0n) is 10.9. The van der Waals surface area contributed by atoms with Gasteiger partial charge in [-0.1, -0.05) is 29.8 Å². The summed E-state index contributed by atoms with van der Waals surface area (Å²) in [6, 6.07) is 10.1. The Hall–Kier alpha value is -1.03. The van der Waals surface area contributed by atoms with Crippen LogP contribution in [-0.2, 0) is 12.8 Å². The van der Waals surface area contributed by atoms with Gasteiger partial charge in [0.1, 0.15) is 5.75 Å². The molecule has 0 saturated carbocycles. The highest BCUT2D eigenvalue weighted by Gasteiger charge is 2.10. The third kappa shape index (κ3) is 4.23. The molecule has 2 rings (SSSR count). The molecule has 0 aliphatic heterocycles. The van der Waals surface area contributed by atoms with Gasteiger partial charge in [-0.05, 0) is 36.4 Å². The zero-order valence-corrected chi connectivity index (χ0v) is 12.5. The van der Waals surface area contributed by atoms with Crippen LogP contribution in [0.25, 0.3) is 0 Å². The Morgan fingerprint density at radius 2 is 2.16 bits per heavy atom. The van der Waals surface area contributed by atoms with E-state index in [0.717, 1.165) is 24.2 Å². The summed E-state index contributed by atoms with van der Waals surface area (Å²) in [7, 11) is 0. The quantitative estimate of drug-likeness (QED) is 0.877. The molecule has 2 N–H and O–H groups in total. The lowest BCUT2D eigenvalue weighted by Crippen LogP contribution is -2.18. The van der Waals surface area contributed by atoms with Crippen LogP contribution in [0.2, 0.25) is 5.02 Å². The molecule has 1 aromatic carbocycles. The van der Waals surface area contributed by atoms with Crippen LogP contribution >= 0.6 is 22.9 Å². The standard InChI is InChI=1S/C15H18ClNOS/c1-11(17)10-12-4-2-6-14(16)15(12)18-8-7-13-5-3-9-19-13/h2-6,9,11H,7-8,10,17H2,1H3. The van der Waals surface area contributed by atoms with Crippen molar-refractivity contribution in [2.45, 2.75) is 25.8 Å². The van der Waals surface area contributed by atoms with E-state index in [2.05, 4.69) is 17.5 Å². The number of hydrogen-bond acceptors (Lipinski definition) is 3. The van der Waals surface area contributed by atoms with Gasteiger partial charge in [-0.2, -0.15) is 0 Å². The normalized spacial score (nSPS) is 12.4.